The number of halogens is 2. The van der Waals surface area contributed by atoms with Crippen molar-refractivity contribution < 1.29 is 17.9 Å². The second-order valence-corrected chi connectivity index (χ2v) is 5.75. The SMILES string of the molecule is COC(=O)c1ccc(Cl)cc1NS(=O)(=O)CCl. The summed E-state index contributed by atoms with van der Waals surface area (Å²) in [5, 5.41) is -0.343. The number of sulfonamides is 1. The van der Waals surface area contributed by atoms with E-state index >= 15 is 0 Å². The molecule has 0 fully saturated rings. The van der Waals surface area contributed by atoms with E-state index in [1.165, 1.54) is 25.3 Å². The first kappa shape index (κ1) is 14.1. The Morgan fingerprint density at radius 2 is 2.12 bits per heavy atom. The van der Waals surface area contributed by atoms with Gasteiger partial charge in [0, 0.05) is 5.02 Å². The molecule has 8 heteroatoms. The van der Waals surface area contributed by atoms with Crippen LogP contribution in [-0.4, -0.2) is 26.7 Å². The van der Waals surface area contributed by atoms with Crippen molar-refractivity contribution in [1.29, 1.82) is 0 Å². The number of hydrogen-bond donors (Lipinski definition) is 1. The van der Waals surface area contributed by atoms with Crippen LogP contribution in [0.25, 0.3) is 0 Å². The quantitative estimate of drug-likeness (QED) is 0.682. The summed E-state index contributed by atoms with van der Waals surface area (Å²) >= 11 is 11.0. The molecule has 0 radical (unpaired) electrons. The molecule has 5 nitrogen and oxygen atoms in total. The topological polar surface area (TPSA) is 72.5 Å². The molecule has 0 unspecified atom stereocenters. The van der Waals surface area contributed by atoms with Crippen molar-refractivity contribution >= 4 is 44.9 Å². The predicted octanol–water partition coefficient (Wildman–Crippen LogP) is 2.06. The summed E-state index contributed by atoms with van der Waals surface area (Å²) in [5.41, 5.74) is 0.0931. The minimum absolute atomic E-state index is 0.0324. The highest BCUT2D eigenvalue weighted by molar-refractivity contribution is 7.93. The van der Waals surface area contributed by atoms with Gasteiger partial charge in [0.15, 0.2) is 0 Å². The molecule has 1 aromatic carbocycles. The third-order valence-corrected chi connectivity index (χ3v) is 3.71. The lowest BCUT2D eigenvalue weighted by Gasteiger charge is -2.10. The Kier molecular flexibility index (Phi) is 4.62. The van der Waals surface area contributed by atoms with Crippen LogP contribution in [0.5, 0.6) is 0 Å². The van der Waals surface area contributed by atoms with E-state index in [1.807, 2.05) is 0 Å². The molecule has 1 aromatic rings. The standard InChI is InChI=1S/C9H9Cl2NO4S/c1-16-9(13)7-3-2-6(11)4-8(7)12-17(14,15)5-10/h2-4,12H,5H2,1H3. The summed E-state index contributed by atoms with van der Waals surface area (Å²) in [6.07, 6.45) is 0. The molecule has 0 saturated carbocycles. The molecule has 0 aromatic heterocycles. The number of methoxy groups -OCH3 is 1. The molecule has 0 aliphatic carbocycles. The summed E-state index contributed by atoms with van der Waals surface area (Å²) in [6, 6.07) is 4.12. The van der Waals surface area contributed by atoms with Crippen molar-refractivity contribution in [2.45, 2.75) is 0 Å². The average molecular weight is 298 g/mol. The van der Waals surface area contributed by atoms with Crippen LogP contribution < -0.4 is 4.72 Å². The average Bonchev–Trinajstić information content (AvgIpc) is 2.28. The summed E-state index contributed by atoms with van der Waals surface area (Å²) in [4.78, 5) is 11.4. The summed E-state index contributed by atoms with van der Waals surface area (Å²) in [7, 11) is -2.51. The summed E-state index contributed by atoms with van der Waals surface area (Å²) in [5.74, 6) is -0.672. The molecule has 0 bridgehead atoms. The molecule has 1 rings (SSSR count). The smallest absolute Gasteiger partial charge is 0.339 e. The third kappa shape index (κ3) is 3.76. The number of carbonyl (C=O) groups excluding carboxylic acids is 1. The number of alkyl halides is 1. The van der Waals surface area contributed by atoms with Crippen molar-refractivity contribution in [3.8, 4) is 0 Å². The van der Waals surface area contributed by atoms with Gasteiger partial charge in [0.25, 0.3) is 0 Å². The molecule has 1 N–H and O–H groups in total. The molecule has 17 heavy (non-hydrogen) atoms. The van der Waals surface area contributed by atoms with Crippen molar-refractivity contribution in [2.75, 3.05) is 17.0 Å². The second kappa shape index (κ2) is 5.57. The molecule has 0 saturated heterocycles. The first-order chi connectivity index (χ1) is 7.89. The second-order valence-electron chi connectivity index (χ2n) is 3.01. The molecule has 0 aliphatic rings. The van der Waals surface area contributed by atoms with Crippen molar-refractivity contribution in [1.82, 2.24) is 0 Å². The largest absolute Gasteiger partial charge is 0.465 e. The number of nitrogens with one attached hydrogen (secondary N) is 1. The molecular weight excluding hydrogens is 289 g/mol. The van der Waals surface area contributed by atoms with Crippen LogP contribution in [0.1, 0.15) is 10.4 Å². The predicted molar refractivity (Wildman–Crippen MR) is 66.1 cm³/mol. The zero-order chi connectivity index (χ0) is 13.1. The molecule has 0 aliphatic heterocycles. The number of hydrogen-bond acceptors (Lipinski definition) is 4. The van der Waals surface area contributed by atoms with Crippen molar-refractivity contribution in [3.05, 3.63) is 28.8 Å². The van der Waals surface area contributed by atoms with Gasteiger partial charge in [-0.2, -0.15) is 0 Å². The van der Waals surface area contributed by atoms with E-state index < -0.39 is 21.2 Å². The first-order valence-electron chi connectivity index (χ1n) is 4.34. The van der Waals surface area contributed by atoms with Crippen LogP contribution in [0.4, 0.5) is 5.69 Å². The van der Waals surface area contributed by atoms with Gasteiger partial charge in [-0.15, -0.1) is 11.6 Å². The van der Waals surface area contributed by atoms with Gasteiger partial charge < -0.3 is 4.74 Å². The van der Waals surface area contributed by atoms with Crippen LogP contribution in [-0.2, 0) is 14.8 Å². The van der Waals surface area contributed by atoms with E-state index in [0.717, 1.165) is 0 Å². The Labute approximate surface area is 109 Å². The number of esters is 1. The number of carbonyl (C=O) groups is 1. The van der Waals surface area contributed by atoms with Crippen molar-refractivity contribution in [2.24, 2.45) is 0 Å². The Bertz CT molecular complexity index is 530. The normalized spacial score (nSPS) is 11.0. The highest BCUT2D eigenvalue weighted by Crippen LogP contribution is 2.23. The molecular formula is C9H9Cl2NO4S. The van der Waals surface area contributed by atoms with E-state index in [-0.39, 0.29) is 16.3 Å². The minimum atomic E-state index is -3.70. The Hall–Kier alpha value is -0.980. The monoisotopic (exact) mass is 297 g/mol. The zero-order valence-electron chi connectivity index (χ0n) is 8.74. The Morgan fingerprint density at radius 1 is 1.47 bits per heavy atom. The fraction of sp³-hybridized carbons (Fsp3) is 0.222. The summed E-state index contributed by atoms with van der Waals surface area (Å²) in [6.45, 7) is 0. The number of benzene rings is 1. The van der Waals surface area contributed by atoms with Crippen LogP contribution in [0, 0.1) is 0 Å². The van der Waals surface area contributed by atoms with Gasteiger partial charge in [0.1, 0.15) is 5.21 Å². The number of rotatable bonds is 4. The van der Waals surface area contributed by atoms with Crippen LogP contribution in [0.15, 0.2) is 18.2 Å². The maximum Gasteiger partial charge on any atom is 0.339 e. The first-order valence-corrected chi connectivity index (χ1v) is 6.90. The molecule has 0 spiro atoms. The summed E-state index contributed by atoms with van der Waals surface area (Å²) < 4.78 is 29.3. The van der Waals surface area contributed by atoms with Gasteiger partial charge in [0.2, 0.25) is 10.0 Å². The van der Waals surface area contributed by atoms with Crippen molar-refractivity contribution in [3.63, 3.8) is 0 Å². The lowest BCUT2D eigenvalue weighted by molar-refractivity contribution is 0.0602. The van der Waals surface area contributed by atoms with Gasteiger partial charge in [-0.05, 0) is 18.2 Å². The van der Waals surface area contributed by atoms with Crippen LogP contribution in [0.2, 0.25) is 5.02 Å². The molecule has 0 amide bonds. The van der Waals surface area contributed by atoms with Gasteiger partial charge in [-0.3, -0.25) is 4.72 Å². The maximum absolute atomic E-state index is 11.4. The highest BCUT2D eigenvalue weighted by Gasteiger charge is 2.16. The minimum Gasteiger partial charge on any atom is -0.465 e. The van der Waals surface area contributed by atoms with Gasteiger partial charge in [-0.25, -0.2) is 13.2 Å². The van der Waals surface area contributed by atoms with Gasteiger partial charge >= 0.3 is 5.97 Å². The fourth-order valence-electron chi connectivity index (χ4n) is 1.08. The van der Waals surface area contributed by atoms with Crippen LogP contribution >= 0.6 is 23.2 Å². The van der Waals surface area contributed by atoms with E-state index in [9.17, 15) is 13.2 Å². The maximum atomic E-state index is 11.4. The van der Waals surface area contributed by atoms with Crippen LogP contribution in [0.3, 0.4) is 0 Å². The lowest BCUT2D eigenvalue weighted by Crippen LogP contribution is -2.16. The Morgan fingerprint density at radius 3 is 2.65 bits per heavy atom. The molecule has 0 atom stereocenters. The van der Waals surface area contributed by atoms with E-state index in [0.29, 0.717) is 0 Å². The highest BCUT2D eigenvalue weighted by atomic mass is 35.5. The zero-order valence-corrected chi connectivity index (χ0v) is 11.1. The third-order valence-electron chi connectivity index (χ3n) is 1.80. The van der Waals surface area contributed by atoms with E-state index in [2.05, 4.69) is 9.46 Å². The number of anilines is 1. The number of ether oxygens (including phenoxy) is 1. The van der Waals surface area contributed by atoms with Gasteiger partial charge in [-0.1, -0.05) is 11.6 Å². The molecule has 0 heterocycles. The fourth-order valence-corrected chi connectivity index (χ4v) is 1.98. The van der Waals surface area contributed by atoms with E-state index in [4.69, 9.17) is 23.2 Å². The lowest BCUT2D eigenvalue weighted by atomic mass is 10.2. The Balaban J connectivity index is 3.21. The molecule has 94 valence electrons. The van der Waals surface area contributed by atoms with E-state index in [1.54, 1.807) is 0 Å². The van der Waals surface area contributed by atoms with Gasteiger partial charge in [0.05, 0.1) is 18.4 Å².